The first-order valence-electron chi connectivity index (χ1n) is 10.0. The number of methoxy groups -OCH3 is 1. The number of pyridine rings is 1. The highest BCUT2D eigenvalue weighted by Crippen LogP contribution is 2.19. The van der Waals surface area contributed by atoms with E-state index in [1.54, 1.807) is 13.3 Å². The van der Waals surface area contributed by atoms with Gasteiger partial charge in [0, 0.05) is 32.4 Å². The lowest BCUT2D eigenvalue weighted by Gasteiger charge is -2.13. The molecular weight excluding hydrogens is 350 g/mol. The molecular formula is C22H33N5O. The molecule has 2 rings (SSSR count). The number of rotatable bonds is 11. The van der Waals surface area contributed by atoms with Crippen LogP contribution in [0.25, 0.3) is 0 Å². The molecule has 2 aromatic rings. The van der Waals surface area contributed by atoms with E-state index in [0.717, 1.165) is 63.0 Å². The molecule has 152 valence electrons. The molecule has 0 fully saturated rings. The lowest BCUT2D eigenvalue weighted by atomic mass is 10.1. The summed E-state index contributed by atoms with van der Waals surface area (Å²) in [5.74, 6) is 2.73. The highest BCUT2D eigenvalue weighted by Gasteiger charge is 2.04. The number of nitrogens with one attached hydrogen (secondary N) is 3. The molecule has 0 atom stereocenters. The second-order valence-electron chi connectivity index (χ2n) is 6.60. The molecule has 0 aliphatic rings. The number of ether oxygens (including phenoxy) is 1. The van der Waals surface area contributed by atoms with Gasteiger partial charge in [-0.05, 0) is 56.9 Å². The number of aryl methyl sites for hydroxylation is 1. The minimum Gasteiger partial charge on any atom is -0.496 e. The van der Waals surface area contributed by atoms with Gasteiger partial charge in [-0.25, -0.2) is 4.98 Å². The fourth-order valence-electron chi connectivity index (χ4n) is 2.87. The van der Waals surface area contributed by atoms with Gasteiger partial charge in [-0.3, -0.25) is 4.99 Å². The van der Waals surface area contributed by atoms with Crippen molar-refractivity contribution in [3.63, 3.8) is 0 Å². The summed E-state index contributed by atoms with van der Waals surface area (Å²) in [7, 11) is 1.72. The van der Waals surface area contributed by atoms with Crippen LogP contribution in [0.2, 0.25) is 0 Å². The fourth-order valence-corrected chi connectivity index (χ4v) is 2.87. The quantitative estimate of drug-likeness (QED) is 0.315. The molecule has 1 aromatic heterocycles. The number of hydrogen-bond acceptors (Lipinski definition) is 4. The molecule has 1 aromatic carbocycles. The van der Waals surface area contributed by atoms with Crippen LogP contribution in [0, 0.1) is 6.92 Å². The Kier molecular flexibility index (Phi) is 9.69. The van der Waals surface area contributed by atoms with Crippen molar-refractivity contribution in [3.8, 4) is 5.75 Å². The summed E-state index contributed by atoms with van der Waals surface area (Å²) < 4.78 is 5.46. The van der Waals surface area contributed by atoms with Gasteiger partial charge in [0.2, 0.25) is 0 Å². The average Bonchev–Trinajstić information content (AvgIpc) is 2.71. The van der Waals surface area contributed by atoms with Gasteiger partial charge in [0.1, 0.15) is 11.6 Å². The molecule has 0 unspecified atom stereocenters. The Morgan fingerprint density at radius 1 is 1.11 bits per heavy atom. The van der Waals surface area contributed by atoms with Crippen molar-refractivity contribution in [1.82, 2.24) is 15.6 Å². The van der Waals surface area contributed by atoms with Gasteiger partial charge in [-0.2, -0.15) is 0 Å². The maximum absolute atomic E-state index is 5.46. The van der Waals surface area contributed by atoms with E-state index in [-0.39, 0.29) is 0 Å². The lowest BCUT2D eigenvalue weighted by molar-refractivity contribution is 0.409. The third-order valence-corrected chi connectivity index (χ3v) is 4.29. The number of guanidine groups is 1. The van der Waals surface area contributed by atoms with Crippen molar-refractivity contribution in [2.75, 3.05) is 38.6 Å². The number of aromatic nitrogens is 1. The van der Waals surface area contributed by atoms with Crippen LogP contribution >= 0.6 is 0 Å². The molecule has 0 saturated heterocycles. The monoisotopic (exact) mass is 383 g/mol. The molecule has 0 aliphatic heterocycles. The molecule has 0 amide bonds. The predicted octanol–water partition coefficient (Wildman–Crippen LogP) is 3.39. The van der Waals surface area contributed by atoms with Crippen LogP contribution in [0.4, 0.5) is 5.82 Å². The summed E-state index contributed by atoms with van der Waals surface area (Å²) in [6.07, 6.45) is 4.78. The summed E-state index contributed by atoms with van der Waals surface area (Å²) in [4.78, 5) is 8.93. The number of benzene rings is 1. The maximum atomic E-state index is 5.46. The Hall–Kier alpha value is -2.76. The average molecular weight is 384 g/mol. The lowest BCUT2D eigenvalue weighted by Crippen LogP contribution is -2.38. The second-order valence-corrected chi connectivity index (χ2v) is 6.60. The molecule has 0 bridgehead atoms. The molecule has 28 heavy (non-hydrogen) atoms. The molecule has 3 N–H and O–H groups in total. The molecule has 6 nitrogen and oxygen atoms in total. The number of hydrogen-bond donors (Lipinski definition) is 3. The Labute approximate surface area is 168 Å². The minimum atomic E-state index is 0.799. The SMILES string of the molecule is CCNC(=NCCCCNc1ccccn1)NCCc1cc(C)ccc1OC. The van der Waals surface area contributed by atoms with E-state index in [1.807, 2.05) is 24.3 Å². The van der Waals surface area contributed by atoms with Crippen LogP contribution in [0.3, 0.4) is 0 Å². The number of aliphatic imine (C=N–C) groups is 1. The smallest absolute Gasteiger partial charge is 0.191 e. The number of anilines is 1. The van der Waals surface area contributed by atoms with Gasteiger partial charge < -0.3 is 20.7 Å². The highest BCUT2D eigenvalue weighted by molar-refractivity contribution is 5.79. The fraction of sp³-hybridized carbons (Fsp3) is 0.455. The zero-order valence-electron chi connectivity index (χ0n) is 17.3. The van der Waals surface area contributed by atoms with Gasteiger partial charge >= 0.3 is 0 Å². The Morgan fingerprint density at radius 2 is 2.00 bits per heavy atom. The summed E-state index contributed by atoms with van der Waals surface area (Å²) in [5, 5.41) is 10.0. The van der Waals surface area contributed by atoms with Crippen LogP contribution in [-0.2, 0) is 6.42 Å². The molecule has 0 saturated carbocycles. The van der Waals surface area contributed by atoms with Crippen molar-refractivity contribution in [2.24, 2.45) is 4.99 Å². The number of nitrogens with zero attached hydrogens (tertiary/aromatic N) is 2. The van der Waals surface area contributed by atoms with Gasteiger partial charge in [0.05, 0.1) is 7.11 Å². The maximum Gasteiger partial charge on any atom is 0.191 e. The summed E-state index contributed by atoms with van der Waals surface area (Å²) in [5.41, 5.74) is 2.46. The minimum absolute atomic E-state index is 0.799. The van der Waals surface area contributed by atoms with Crippen molar-refractivity contribution in [3.05, 3.63) is 53.7 Å². The van der Waals surface area contributed by atoms with Gasteiger partial charge in [0.25, 0.3) is 0 Å². The van der Waals surface area contributed by atoms with Gasteiger partial charge in [0.15, 0.2) is 5.96 Å². The summed E-state index contributed by atoms with van der Waals surface area (Å²) >= 11 is 0. The van der Waals surface area contributed by atoms with E-state index >= 15 is 0 Å². The predicted molar refractivity (Wildman–Crippen MR) is 117 cm³/mol. The first kappa shape index (κ1) is 21.5. The Bertz CT molecular complexity index is 718. The van der Waals surface area contributed by atoms with Crippen LogP contribution in [0.1, 0.15) is 30.9 Å². The van der Waals surface area contributed by atoms with E-state index in [1.165, 1.54) is 11.1 Å². The summed E-state index contributed by atoms with van der Waals surface area (Å²) in [6.45, 7) is 7.55. The van der Waals surface area contributed by atoms with E-state index in [9.17, 15) is 0 Å². The highest BCUT2D eigenvalue weighted by atomic mass is 16.5. The van der Waals surface area contributed by atoms with Gasteiger partial charge in [-0.1, -0.05) is 23.8 Å². The topological polar surface area (TPSA) is 70.6 Å². The molecule has 0 aliphatic carbocycles. The Balaban J connectivity index is 1.70. The van der Waals surface area contributed by atoms with Crippen molar-refractivity contribution >= 4 is 11.8 Å². The van der Waals surface area contributed by atoms with E-state index in [4.69, 9.17) is 4.74 Å². The largest absolute Gasteiger partial charge is 0.496 e. The van der Waals surface area contributed by atoms with Crippen molar-refractivity contribution < 1.29 is 4.74 Å². The van der Waals surface area contributed by atoms with Crippen LogP contribution in [-0.4, -0.2) is 44.2 Å². The first-order valence-corrected chi connectivity index (χ1v) is 10.0. The molecule has 1 heterocycles. The Morgan fingerprint density at radius 3 is 2.75 bits per heavy atom. The van der Waals surface area contributed by atoms with Gasteiger partial charge in [-0.15, -0.1) is 0 Å². The zero-order valence-corrected chi connectivity index (χ0v) is 17.3. The number of unbranched alkanes of at least 4 members (excludes halogenated alkanes) is 1. The third-order valence-electron chi connectivity index (χ3n) is 4.29. The molecule has 0 spiro atoms. The van der Waals surface area contributed by atoms with E-state index < -0.39 is 0 Å². The van der Waals surface area contributed by atoms with E-state index in [0.29, 0.717) is 0 Å². The second kappa shape index (κ2) is 12.6. The third kappa shape index (κ3) is 7.86. The van der Waals surface area contributed by atoms with Crippen LogP contribution in [0.15, 0.2) is 47.6 Å². The summed E-state index contributed by atoms with van der Waals surface area (Å²) in [6, 6.07) is 12.2. The first-order chi connectivity index (χ1) is 13.7. The molecule has 6 heteroatoms. The zero-order chi connectivity index (χ0) is 20.0. The van der Waals surface area contributed by atoms with Crippen molar-refractivity contribution in [2.45, 2.75) is 33.1 Å². The normalized spacial score (nSPS) is 11.2. The van der Waals surface area contributed by atoms with Crippen LogP contribution in [0.5, 0.6) is 5.75 Å². The van der Waals surface area contributed by atoms with Crippen LogP contribution < -0.4 is 20.7 Å². The van der Waals surface area contributed by atoms with E-state index in [2.05, 4.69) is 51.9 Å². The standard InChI is InChI=1S/C22H33N5O/c1-4-23-22(26-15-8-7-14-25-21-9-5-6-13-24-21)27-16-12-19-17-18(2)10-11-20(19)28-3/h5-6,9-11,13,17H,4,7-8,12,14-16H2,1-3H3,(H,24,25)(H2,23,26,27). The van der Waals surface area contributed by atoms with Crippen molar-refractivity contribution in [1.29, 1.82) is 0 Å². The molecule has 0 radical (unpaired) electrons.